The molecule has 1 rings (SSSR count). The van der Waals surface area contributed by atoms with Gasteiger partial charge in [0.15, 0.2) is 0 Å². The van der Waals surface area contributed by atoms with E-state index in [0.717, 1.165) is 0 Å². The van der Waals surface area contributed by atoms with Crippen LogP contribution < -0.4 is 5.73 Å². The van der Waals surface area contributed by atoms with Crippen LogP contribution in [0.25, 0.3) is 0 Å². The van der Waals surface area contributed by atoms with Crippen molar-refractivity contribution in [2.24, 2.45) is 11.7 Å². The van der Waals surface area contributed by atoms with Gasteiger partial charge in [-0.05, 0) is 19.8 Å². The van der Waals surface area contributed by atoms with E-state index >= 15 is 0 Å². The highest BCUT2D eigenvalue weighted by Gasteiger charge is 2.51. The highest BCUT2D eigenvalue weighted by molar-refractivity contribution is 5.86. The van der Waals surface area contributed by atoms with Gasteiger partial charge in [-0.3, -0.25) is 9.59 Å². The minimum Gasteiger partial charge on any atom is -0.468 e. The largest absolute Gasteiger partial charge is 0.468 e. The number of carbonyl (C=O) groups excluding carboxylic acids is 2. The Morgan fingerprint density at radius 3 is 2.50 bits per heavy atom. The molecule has 2 N–H and O–H groups in total. The lowest BCUT2D eigenvalue weighted by Crippen LogP contribution is -2.60. The van der Waals surface area contributed by atoms with E-state index in [1.54, 1.807) is 6.92 Å². The minimum absolute atomic E-state index is 0.251. The standard InChI is InChI=1S/C9H15NO4/c1-3-14-7(11)6-4-9(10,5-6)8(12)13-2/h6H,3-5,10H2,1-2H3. The van der Waals surface area contributed by atoms with Gasteiger partial charge >= 0.3 is 11.9 Å². The molecule has 80 valence electrons. The molecule has 0 radical (unpaired) electrons. The Morgan fingerprint density at radius 1 is 1.50 bits per heavy atom. The highest BCUT2D eigenvalue weighted by Crippen LogP contribution is 2.37. The van der Waals surface area contributed by atoms with Gasteiger partial charge in [0.05, 0.1) is 19.6 Å². The molecule has 1 fully saturated rings. The van der Waals surface area contributed by atoms with Crippen LogP contribution in [0, 0.1) is 5.92 Å². The normalized spacial score (nSPS) is 30.4. The second kappa shape index (κ2) is 3.96. The van der Waals surface area contributed by atoms with E-state index in [-0.39, 0.29) is 11.9 Å². The molecule has 0 bridgehead atoms. The van der Waals surface area contributed by atoms with E-state index in [2.05, 4.69) is 4.74 Å². The van der Waals surface area contributed by atoms with Crippen molar-refractivity contribution < 1.29 is 19.1 Å². The molecule has 0 saturated heterocycles. The first-order valence-electron chi connectivity index (χ1n) is 4.57. The second-order valence-electron chi connectivity index (χ2n) is 3.50. The summed E-state index contributed by atoms with van der Waals surface area (Å²) in [5, 5.41) is 0. The molecule has 0 aromatic carbocycles. The molecule has 1 saturated carbocycles. The van der Waals surface area contributed by atoms with Crippen molar-refractivity contribution in [1.82, 2.24) is 0 Å². The predicted octanol–water partition coefficient (Wildman–Crippen LogP) is -0.170. The zero-order valence-electron chi connectivity index (χ0n) is 8.41. The molecule has 0 spiro atoms. The third-order valence-corrected chi connectivity index (χ3v) is 2.43. The monoisotopic (exact) mass is 201 g/mol. The molecule has 0 amide bonds. The van der Waals surface area contributed by atoms with Gasteiger partial charge in [-0.15, -0.1) is 0 Å². The van der Waals surface area contributed by atoms with Crippen LogP contribution >= 0.6 is 0 Å². The van der Waals surface area contributed by atoms with E-state index < -0.39 is 11.5 Å². The number of esters is 2. The van der Waals surface area contributed by atoms with Crippen molar-refractivity contribution in [3.05, 3.63) is 0 Å². The minimum atomic E-state index is -0.980. The van der Waals surface area contributed by atoms with Crippen molar-refractivity contribution in [2.75, 3.05) is 13.7 Å². The van der Waals surface area contributed by atoms with Gasteiger partial charge in [-0.25, -0.2) is 0 Å². The highest BCUT2D eigenvalue weighted by atomic mass is 16.5. The lowest BCUT2D eigenvalue weighted by atomic mass is 9.69. The summed E-state index contributed by atoms with van der Waals surface area (Å²) < 4.78 is 9.34. The lowest BCUT2D eigenvalue weighted by Gasteiger charge is -2.40. The SMILES string of the molecule is CCOC(=O)C1CC(N)(C(=O)OC)C1. The Kier molecular flexibility index (Phi) is 3.10. The number of hydrogen-bond acceptors (Lipinski definition) is 5. The Hall–Kier alpha value is -1.10. The first-order chi connectivity index (χ1) is 6.53. The fraction of sp³-hybridized carbons (Fsp3) is 0.778. The maximum atomic E-state index is 11.2. The molecule has 1 aliphatic rings. The average molecular weight is 201 g/mol. The van der Waals surface area contributed by atoms with Crippen LogP contribution in [-0.4, -0.2) is 31.2 Å². The van der Waals surface area contributed by atoms with E-state index in [4.69, 9.17) is 10.5 Å². The molecule has 5 heteroatoms. The molecule has 0 heterocycles. The van der Waals surface area contributed by atoms with Crippen molar-refractivity contribution in [2.45, 2.75) is 25.3 Å². The van der Waals surface area contributed by atoms with E-state index in [0.29, 0.717) is 19.4 Å². The van der Waals surface area contributed by atoms with Gasteiger partial charge in [0.2, 0.25) is 0 Å². The van der Waals surface area contributed by atoms with E-state index in [1.165, 1.54) is 7.11 Å². The number of carbonyl (C=O) groups is 2. The summed E-state index contributed by atoms with van der Waals surface area (Å²) in [6, 6.07) is 0. The molecule has 14 heavy (non-hydrogen) atoms. The molecule has 0 atom stereocenters. The van der Waals surface area contributed by atoms with Crippen LogP contribution in [0.4, 0.5) is 0 Å². The number of nitrogens with two attached hydrogens (primary N) is 1. The quantitative estimate of drug-likeness (QED) is 0.641. The zero-order chi connectivity index (χ0) is 10.8. The molecule has 5 nitrogen and oxygen atoms in total. The van der Waals surface area contributed by atoms with Gasteiger partial charge in [0.1, 0.15) is 5.54 Å². The van der Waals surface area contributed by atoms with Crippen LogP contribution in [0.15, 0.2) is 0 Å². The number of hydrogen-bond donors (Lipinski definition) is 1. The predicted molar refractivity (Wildman–Crippen MR) is 48.3 cm³/mol. The van der Waals surface area contributed by atoms with E-state index in [9.17, 15) is 9.59 Å². The first kappa shape index (κ1) is 11.0. The summed E-state index contributed by atoms with van der Waals surface area (Å²) in [6.45, 7) is 2.09. The van der Waals surface area contributed by atoms with Gasteiger partial charge < -0.3 is 15.2 Å². The van der Waals surface area contributed by atoms with E-state index in [1.807, 2.05) is 0 Å². The van der Waals surface area contributed by atoms with Crippen molar-refractivity contribution in [3.63, 3.8) is 0 Å². The molecule has 0 aliphatic heterocycles. The maximum Gasteiger partial charge on any atom is 0.325 e. The van der Waals surface area contributed by atoms with Crippen molar-refractivity contribution in [3.8, 4) is 0 Å². The van der Waals surface area contributed by atoms with Crippen LogP contribution in [-0.2, 0) is 19.1 Å². The fourth-order valence-corrected chi connectivity index (χ4v) is 1.62. The number of rotatable bonds is 3. The second-order valence-corrected chi connectivity index (χ2v) is 3.50. The van der Waals surface area contributed by atoms with Gasteiger partial charge in [-0.2, -0.15) is 0 Å². The summed E-state index contributed by atoms with van der Waals surface area (Å²) in [4.78, 5) is 22.3. The maximum absolute atomic E-state index is 11.2. The van der Waals surface area contributed by atoms with Crippen LogP contribution in [0.1, 0.15) is 19.8 Å². The zero-order valence-corrected chi connectivity index (χ0v) is 8.41. The van der Waals surface area contributed by atoms with Gasteiger partial charge in [0, 0.05) is 0 Å². The lowest BCUT2D eigenvalue weighted by molar-refractivity contribution is -0.162. The van der Waals surface area contributed by atoms with Crippen LogP contribution in [0.2, 0.25) is 0 Å². The van der Waals surface area contributed by atoms with Gasteiger partial charge in [-0.1, -0.05) is 0 Å². The molecular formula is C9H15NO4. The smallest absolute Gasteiger partial charge is 0.325 e. The molecular weight excluding hydrogens is 186 g/mol. The summed E-state index contributed by atoms with van der Waals surface area (Å²) in [6.07, 6.45) is 0.636. The number of ether oxygens (including phenoxy) is 2. The van der Waals surface area contributed by atoms with Gasteiger partial charge in [0.25, 0.3) is 0 Å². The summed E-state index contributed by atoms with van der Waals surface area (Å²) in [5.41, 5.74) is 4.72. The Labute approximate surface area is 82.5 Å². The van der Waals surface area contributed by atoms with Crippen molar-refractivity contribution >= 4 is 11.9 Å². The fourth-order valence-electron chi connectivity index (χ4n) is 1.62. The molecule has 0 aromatic rings. The Bertz CT molecular complexity index is 245. The summed E-state index contributed by atoms with van der Waals surface area (Å²) in [5.74, 6) is -0.991. The topological polar surface area (TPSA) is 78.6 Å². The average Bonchev–Trinajstić information content (AvgIpc) is 2.11. The third kappa shape index (κ3) is 1.87. The molecule has 1 aliphatic carbocycles. The molecule has 0 unspecified atom stereocenters. The first-order valence-corrected chi connectivity index (χ1v) is 4.57. The molecule has 0 aromatic heterocycles. The summed E-state index contributed by atoms with van der Waals surface area (Å²) in [7, 11) is 1.29. The van der Waals surface area contributed by atoms with Crippen LogP contribution in [0.3, 0.4) is 0 Å². The van der Waals surface area contributed by atoms with Crippen LogP contribution in [0.5, 0.6) is 0 Å². The Morgan fingerprint density at radius 2 is 2.07 bits per heavy atom. The number of methoxy groups -OCH3 is 1. The van der Waals surface area contributed by atoms with Crippen molar-refractivity contribution in [1.29, 1.82) is 0 Å². The Balaban J connectivity index is 2.42. The summed E-state index contributed by atoms with van der Waals surface area (Å²) >= 11 is 0. The third-order valence-electron chi connectivity index (χ3n) is 2.43.